The summed E-state index contributed by atoms with van der Waals surface area (Å²) in [7, 11) is 0. The van der Waals surface area contributed by atoms with Crippen LogP contribution in [0.1, 0.15) is 15.2 Å². The molecule has 25 heavy (non-hydrogen) atoms. The van der Waals surface area contributed by atoms with Crippen LogP contribution in [0.4, 0.5) is 10.2 Å². The van der Waals surface area contributed by atoms with Gasteiger partial charge in [-0.3, -0.25) is 9.36 Å². The molecule has 0 radical (unpaired) electrons. The number of nitrogens with two attached hydrogens (primary N) is 1. The molecule has 0 aliphatic rings. The molecule has 1 aromatic heterocycles. The number of hydrogen-bond donors (Lipinski definition) is 2. The summed E-state index contributed by atoms with van der Waals surface area (Å²) in [6.45, 7) is 0.503. The molecule has 4 nitrogen and oxygen atoms in total. The third-order valence-electron chi connectivity index (χ3n) is 3.68. The Kier molecular flexibility index (Phi) is 5.25. The van der Waals surface area contributed by atoms with Gasteiger partial charge in [0.1, 0.15) is 16.5 Å². The summed E-state index contributed by atoms with van der Waals surface area (Å²) >= 11 is 6.45. The third-order valence-corrected chi connectivity index (χ3v) is 5.07. The number of nitrogen functional groups attached to an aromatic ring is 1. The molecular weight excluding hydrogens is 357 g/mol. The molecule has 0 saturated carbocycles. The molecule has 7 heteroatoms. The lowest BCUT2D eigenvalue weighted by molar-refractivity contribution is 0.0958. The smallest absolute Gasteiger partial charge is 0.265 e. The molecule has 3 aromatic rings. The van der Waals surface area contributed by atoms with Gasteiger partial charge in [-0.15, -0.1) is 0 Å². The second-order valence-electron chi connectivity index (χ2n) is 5.39. The number of nitrogens with zero attached hydrogens (tertiary/aromatic N) is 1. The van der Waals surface area contributed by atoms with Crippen molar-refractivity contribution in [3.63, 3.8) is 0 Å². The largest absolute Gasteiger partial charge is 0.383 e. The average Bonchev–Trinajstić information content (AvgIpc) is 2.91. The Morgan fingerprint density at radius 2 is 1.84 bits per heavy atom. The average molecular weight is 373 g/mol. The van der Waals surface area contributed by atoms with Crippen LogP contribution in [0.2, 0.25) is 0 Å². The first-order valence-corrected chi connectivity index (χ1v) is 8.88. The maximum Gasteiger partial charge on any atom is 0.265 e. The van der Waals surface area contributed by atoms with Crippen LogP contribution in [0.15, 0.2) is 54.6 Å². The number of halogens is 1. The molecule has 0 aliphatic carbocycles. The summed E-state index contributed by atoms with van der Waals surface area (Å²) in [5.74, 6) is -0.341. The second-order valence-corrected chi connectivity index (χ2v) is 7.03. The van der Waals surface area contributed by atoms with Crippen molar-refractivity contribution in [1.82, 2.24) is 9.88 Å². The highest BCUT2D eigenvalue weighted by Crippen LogP contribution is 2.26. The minimum atomic E-state index is -0.344. The molecule has 1 amide bonds. The molecule has 0 spiro atoms. The first kappa shape index (κ1) is 17.3. The highest BCUT2D eigenvalue weighted by molar-refractivity contribution is 7.73. The minimum Gasteiger partial charge on any atom is -0.383 e. The van der Waals surface area contributed by atoms with Crippen molar-refractivity contribution < 1.29 is 9.18 Å². The van der Waals surface area contributed by atoms with Crippen LogP contribution in [-0.4, -0.2) is 17.0 Å². The topological polar surface area (TPSA) is 60.1 Å². The van der Waals surface area contributed by atoms with Gasteiger partial charge in [-0.1, -0.05) is 41.7 Å². The molecule has 2 aromatic carbocycles. The van der Waals surface area contributed by atoms with E-state index in [-0.39, 0.29) is 17.5 Å². The van der Waals surface area contributed by atoms with E-state index in [4.69, 9.17) is 18.0 Å². The lowest BCUT2D eigenvalue weighted by atomic mass is 10.1. The number of aromatic nitrogens is 1. The van der Waals surface area contributed by atoms with Crippen LogP contribution < -0.4 is 11.1 Å². The van der Waals surface area contributed by atoms with Gasteiger partial charge in [0.05, 0.1) is 0 Å². The number of carbonyl (C=O) groups excluding carboxylic acids is 1. The van der Waals surface area contributed by atoms with E-state index in [1.54, 1.807) is 16.7 Å². The van der Waals surface area contributed by atoms with E-state index < -0.39 is 0 Å². The number of rotatable bonds is 5. The van der Waals surface area contributed by atoms with Gasteiger partial charge >= 0.3 is 0 Å². The van der Waals surface area contributed by atoms with Gasteiger partial charge in [0.15, 0.2) is 3.95 Å². The van der Waals surface area contributed by atoms with E-state index in [0.717, 1.165) is 23.3 Å². The molecule has 3 N–H and O–H groups in total. The number of hydrogen-bond acceptors (Lipinski definition) is 4. The van der Waals surface area contributed by atoms with Crippen LogP contribution in [-0.2, 0) is 6.42 Å². The van der Waals surface area contributed by atoms with Crippen molar-refractivity contribution in [3.8, 4) is 5.69 Å². The minimum absolute atomic E-state index is 0.259. The molecule has 0 fully saturated rings. The standard InChI is InChI=1S/C18H16FN3OS2/c19-13-6-8-14(9-7-13)22-16(20)15(25-18(22)24)17(23)21-11-10-12-4-2-1-3-5-12/h1-9H,10-11,20H2,(H,21,23). The number of nitrogens with one attached hydrogen (secondary N) is 1. The summed E-state index contributed by atoms with van der Waals surface area (Å²) in [5.41, 5.74) is 7.88. The molecule has 1 heterocycles. The van der Waals surface area contributed by atoms with Crippen LogP contribution >= 0.6 is 23.6 Å². The number of benzene rings is 2. The molecule has 0 bridgehead atoms. The van der Waals surface area contributed by atoms with E-state index >= 15 is 0 Å². The summed E-state index contributed by atoms with van der Waals surface area (Å²) in [5, 5.41) is 2.86. The Hall–Kier alpha value is -2.51. The van der Waals surface area contributed by atoms with E-state index in [2.05, 4.69) is 5.32 Å². The van der Waals surface area contributed by atoms with Crippen LogP contribution in [0, 0.1) is 9.77 Å². The van der Waals surface area contributed by atoms with Crippen molar-refractivity contribution in [2.75, 3.05) is 12.3 Å². The first-order valence-electron chi connectivity index (χ1n) is 7.65. The molecule has 0 atom stereocenters. The van der Waals surface area contributed by atoms with Gasteiger partial charge in [0.2, 0.25) is 0 Å². The van der Waals surface area contributed by atoms with Crippen LogP contribution in [0.3, 0.4) is 0 Å². The Morgan fingerprint density at radius 3 is 2.52 bits per heavy atom. The summed E-state index contributed by atoms with van der Waals surface area (Å²) in [6.07, 6.45) is 0.733. The second kappa shape index (κ2) is 7.58. The number of carbonyl (C=O) groups is 1. The normalized spacial score (nSPS) is 10.6. The Bertz CT molecular complexity index is 933. The molecule has 0 saturated heterocycles. The van der Waals surface area contributed by atoms with Crippen molar-refractivity contribution >= 4 is 35.3 Å². The van der Waals surface area contributed by atoms with Gasteiger partial charge in [0, 0.05) is 12.2 Å². The zero-order valence-corrected chi connectivity index (χ0v) is 14.9. The zero-order chi connectivity index (χ0) is 17.8. The molecule has 128 valence electrons. The maximum atomic E-state index is 13.1. The zero-order valence-electron chi connectivity index (χ0n) is 13.2. The number of amides is 1. The highest BCUT2D eigenvalue weighted by atomic mass is 32.1. The van der Waals surface area contributed by atoms with Gasteiger partial charge in [0.25, 0.3) is 5.91 Å². The van der Waals surface area contributed by atoms with Gasteiger partial charge < -0.3 is 11.1 Å². The van der Waals surface area contributed by atoms with Crippen molar-refractivity contribution in [2.45, 2.75) is 6.42 Å². The van der Waals surface area contributed by atoms with Gasteiger partial charge in [-0.25, -0.2) is 4.39 Å². The van der Waals surface area contributed by atoms with Crippen LogP contribution in [0.25, 0.3) is 5.69 Å². The maximum absolute atomic E-state index is 13.1. The fourth-order valence-electron chi connectivity index (χ4n) is 2.43. The van der Waals surface area contributed by atoms with Crippen molar-refractivity contribution in [3.05, 3.63) is 74.8 Å². The Labute approximate surface area is 153 Å². The van der Waals surface area contributed by atoms with Crippen molar-refractivity contribution in [1.29, 1.82) is 0 Å². The number of anilines is 1. The third kappa shape index (κ3) is 3.94. The monoisotopic (exact) mass is 373 g/mol. The SMILES string of the molecule is Nc1c(C(=O)NCCc2ccccc2)sc(=S)n1-c1ccc(F)cc1. The summed E-state index contributed by atoms with van der Waals surface area (Å²) in [6, 6.07) is 15.7. The van der Waals surface area contributed by atoms with E-state index in [1.165, 1.54) is 12.1 Å². The summed E-state index contributed by atoms with van der Waals surface area (Å²) in [4.78, 5) is 12.8. The highest BCUT2D eigenvalue weighted by Gasteiger charge is 2.17. The molecule has 3 rings (SSSR count). The molecule has 0 unspecified atom stereocenters. The van der Waals surface area contributed by atoms with Crippen molar-refractivity contribution in [2.24, 2.45) is 0 Å². The van der Waals surface area contributed by atoms with E-state index in [1.807, 2.05) is 30.3 Å². The fraction of sp³-hybridized carbons (Fsp3) is 0.111. The first-order chi connectivity index (χ1) is 12.1. The Morgan fingerprint density at radius 1 is 1.16 bits per heavy atom. The molecule has 0 aliphatic heterocycles. The van der Waals surface area contributed by atoms with Crippen LogP contribution in [0.5, 0.6) is 0 Å². The van der Waals surface area contributed by atoms with Gasteiger partial charge in [-0.05, 0) is 48.5 Å². The lowest BCUT2D eigenvalue weighted by Crippen LogP contribution is -2.25. The molecular formula is C18H16FN3OS2. The fourth-order valence-corrected chi connectivity index (χ4v) is 3.71. The Balaban J connectivity index is 1.74. The lowest BCUT2D eigenvalue weighted by Gasteiger charge is -2.07. The predicted molar refractivity (Wildman–Crippen MR) is 101 cm³/mol. The van der Waals surface area contributed by atoms with E-state index in [9.17, 15) is 9.18 Å². The predicted octanol–water partition coefficient (Wildman–Crippen LogP) is 3.96. The van der Waals surface area contributed by atoms with Gasteiger partial charge in [-0.2, -0.15) is 0 Å². The summed E-state index contributed by atoms with van der Waals surface area (Å²) < 4.78 is 15.1. The van der Waals surface area contributed by atoms with E-state index in [0.29, 0.717) is 21.1 Å². The number of thiazole rings is 1. The quantitative estimate of drug-likeness (QED) is 0.666.